The average Bonchev–Trinajstić information content (AvgIpc) is 3.07. The molecule has 0 aliphatic carbocycles. The van der Waals surface area contributed by atoms with Gasteiger partial charge in [-0.2, -0.15) is 5.10 Å². The van der Waals surface area contributed by atoms with Gasteiger partial charge < -0.3 is 4.74 Å². The first-order valence-electron chi connectivity index (χ1n) is 8.62. The van der Waals surface area contributed by atoms with Crippen LogP contribution in [-0.4, -0.2) is 31.9 Å². The Bertz CT molecular complexity index is 1020. The van der Waals surface area contributed by atoms with E-state index in [0.717, 1.165) is 16.8 Å². The van der Waals surface area contributed by atoms with Crippen molar-refractivity contribution in [3.8, 4) is 17.0 Å². The van der Waals surface area contributed by atoms with Crippen LogP contribution in [0.3, 0.4) is 0 Å². The van der Waals surface area contributed by atoms with Crippen molar-refractivity contribution < 1.29 is 13.2 Å². The molecule has 1 heterocycles. The molecule has 6 nitrogen and oxygen atoms in total. The summed E-state index contributed by atoms with van der Waals surface area (Å²) in [5.41, 5.74) is 3.84. The van der Waals surface area contributed by atoms with Crippen LogP contribution in [0.5, 0.6) is 5.75 Å². The van der Waals surface area contributed by atoms with E-state index in [0.29, 0.717) is 24.3 Å². The van der Waals surface area contributed by atoms with Gasteiger partial charge in [0.2, 0.25) is 10.0 Å². The monoisotopic (exact) mass is 385 g/mol. The lowest BCUT2D eigenvalue weighted by Crippen LogP contribution is -2.26. The Labute approximate surface area is 159 Å². The third-order valence-corrected chi connectivity index (χ3v) is 6.07. The van der Waals surface area contributed by atoms with E-state index in [-0.39, 0.29) is 4.90 Å². The highest BCUT2D eigenvalue weighted by Crippen LogP contribution is 2.21. The van der Waals surface area contributed by atoms with Crippen molar-refractivity contribution >= 4 is 10.0 Å². The van der Waals surface area contributed by atoms with E-state index in [9.17, 15) is 8.42 Å². The van der Waals surface area contributed by atoms with E-state index < -0.39 is 10.0 Å². The summed E-state index contributed by atoms with van der Waals surface area (Å²) in [6.45, 7) is 2.09. The van der Waals surface area contributed by atoms with E-state index in [2.05, 4.69) is 9.82 Å². The zero-order valence-electron chi connectivity index (χ0n) is 15.6. The third-order valence-electron chi connectivity index (χ3n) is 4.45. The molecule has 0 aliphatic heterocycles. The molecule has 3 aromatic rings. The maximum absolute atomic E-state index is 12.5. The van der Waals surface area contributed by atoms with Crippen molar-refractivity contribution in [2.24, 2.45) is 7.05 Å². The zero-order valence-corrected chi connectivity index (χ0v) is 16.5. The normalized spacial score (nSPS) is 11.5. The molecule has 0 unspecified atom stereocenters. The fourth-order valence-electron chi connectivity index (χ4n) is 2.96. The smallest absolute Gasteiger partial charge is 0.240 e. The van der Waals surface area contributed by atoms with Crippen LogP contribution in [-0.2, 0) is 23.5 Å². The fourth-order valence-corrected chi connectivity index (χ4v) is 4.21. The van der Waals surface area contributed by atoms with Crippen molar-refractivity contribution in [3.63, 3.8) is 0 Å². The number of sulfonamides is 1. The summed E-state index contributed by atoms with van der Waals surface area (Å²) in [4.78, 5) is 0.273. The number of ether oxygens (including phenoxy) is 1. The van der Waals surface area contributed by atoms with Crippen LogP contribution in [0, 0.1) is 6.92 Å². The molecule has 0 amide bonds. The van der Waals surface area contributed by atoms with Crippen LogP contribution in [0.2, 0.25) is 0 Å². The Morgan fingerprint density at radius 1 is 1.11 bits per heavy atom. The number of rotatable bonds is 7. The van der Waals surface area contributed by atoms with E-state index in [4.69, 9.17) is 4.74 Å². The van der Waals surface area contributed by atoms with Crippen molar-refractivity contribution in [1.29, 1.82) is 0 Å². The van der Waals surface area contributed by atoms with E-state index >= 15 is 0 Å². The summed E-state index contributed by atoms with van der Waals surface area (Å²) in [6.07, 6.45) is 2.37. The highest BCUT2D eigenvalue weighted by atomic mass is 32.2. The number of benzene rings is 2. The van der Waals surface area contributed by atoms with Crippen LogP contribution in [0.1, 0.15) is 11.1 Å². The molecule has 2 aromatic carbocycles. The van der Waals surface area contributed by atoms with Gasteiger partial charge in [0.1, 0.15) is 5.75 Å². The minimum absolute atomic E-state index is 0.273. The minimum Gasteiger partial charge on any atom is -0.497 e. The van der Waals surface area contributed by atoms with Crippen LogP contribution in [0.4, 0.5) is 0 Å². The van der Waals surface area contributed by atoms with E-state index in [1.165, 1.54) is 0 Å². The maximum atomic E-state index is 12.5. The predicted octanol–water partition coefficient (Wildman–Crippen LogP) is 2.93. The summed E-state index contributed by atoms with van der Waals surface area (Å²) in [7, 11) is -0.0942. The summed E-state index contributed by atoms with van der Waals surface area (Å²) in [5.74, 6) is 0.639. The first-order valence-corrected chi connectivity index (χ1v) is 10.1. The number of aromatic nitrogens is 2. The van der Waals surface area contributed by atoms with Gasteiger partial charge >= 0.3 is 0 Å². The Kier molecular flexibility index (Phi) is 5.62. The Morgan fingerprint density at radius 2 is 1.85 bits per heavy atom. The zero-order chi connectivity index (χ0) is 19.4. The number of hydrogen-bond acceptors (Lipinski definition) is 4. The molecule has 0 saturated carbocycles. The summed E-state index contributed by atoms with van der Waals surface area (Å²) in [5, 5.41) is 4.17. The van der Waals surface area contributed by atoms with Crippen molar-refractivity contribution in [3.05, 3.63) is 65.9 Å². The number of hydrogen-bond donors (Lipinski definition) is 1. The number of aryl methyl sites for hydroxylation is 2. The van der Waals surface area contributed by atoms with Crippen molar-refractivity contribution in [2.75, 3.05) is 13.7 Å². The molecule has 142 valence electrons. The lowest BCUT2D eigenvalue weighted by molar-refractivity contribution is 0.414. The van der Waals surface area contributed by atoms with Crippen LogP contribution >= 0.6 is 0 Å². The first-order chi connectivity index (χ1) is 12.9. The number of methoxy groups -OCH3 is 1. The second kappa shape index (κ2) is 7.94. The standard InChI is InChI=1S/C20H23N3O3S/c1-15-14-18(26-3)8-9-20(15)27(24,25)22-13-10-16-4-6-17(7-5-16)19-11-12-21-23(19)2/h4-9,11-12,14,22H,10,13H2,1-3H3. The Morgan fingerprint density at radius 3 is 2.44 bits per heavy atom. The van der Waals surface area contributed by atoms with Gasteiger partial charge in [-0.25, -0.2) is 13.1 Å². The molecule has 0 aliphatic rings. The van der Waals surface area contributed by atoms with Gasteiger partial charge in [0.05, 0.1) is 17.7 Å². The quantitative estimate of drug-likeness (QED) is 0.679. The second-order valence-corrected chi connectivity index (χ2v) is 8.05. The van der Waals surface area contributed by atoms with Crippen molar-refractivity contribution in [1.82, 2.24) is 14.5 Å². The Balaban J connectivity index is 1.63. The summed E-state index contributed by atoms with van der Waals surface area (Å²) >= 11 is 0. The second-order valence-electron chi connectivity index (χ2n) is 6.32. The van der Waals surface area contributed by atoms with E-state index in [1.54, 1.807) is 38.4 Å². The lowest BCUT2D eigenvalue weighted by Gasteiger charge is -2.11. The van der Waals surface area contributed by atoms with Gasteiger partial charge in [-0.05, 0) is 54.3 Å². The largest absolute Gasteiger partial charge is 0.497 e. The summed E-state index contributed by atoms with van der Waals surface area (Å²) < 4.78 is 34.7. The maximum Gasteiger partial charge on any atom is 0.240 e. The molecule has 3 rings (SSSR count). The molecule has 27 heavy (non-hydrogen) atoms. The third kappa shape index (κ3) is 4.37. The van der Waals surface area contributed by atoms with Crippen LogP contribution in [0.15, 0.2) is 59.6 Å². The van der Waals surface area contributed by atoms with Crippen molar-refractivity contribution in [2.45, 2.75) is 18.2 Å². The van der Waals surface area contributed by atoms with Gasteiger partial charge in [-0.15, -0.1) is 0 Å². The van der Waals surface area contributed by atoms with Gasteiger partial charge in [-0.3, -0.25) is 4.68 Å². The highest BCUT2D eigenvalue weighted by Gasteiger charge is 2.16. The molecule has 0 atom stereocenters. The van der Waals surface area contributed by atoms with Crippen LogP contribution in [0.25, 0.3) is 11.3 Å². The van der Waals surface area contributed by atoms with Crippen LogP contribution < -0.4 is 9.46 Å². The predicted molar refractivity (Wildman–Crippen MR) is 105 cm³/mol. The molecule has 1 aromatic heterocycles. The van der Waals surface area contributed by atoms with Gasteiger partial charge in [0.15, 0.2) is 0 Å². The number of nitrogens with one attached hydrogen (secondary N) is 1. The highest BCUT2D eigenvalue weighted by molar-refractivity contribution is 7.89. The van der Waals surface area contributed by atoms with Gasteiger partial charge in [0.25, 0.3) is 0 Å². The SMILES string of the molecule is COc1ccc(S(=O)(=O)NCCc2ccc(-c3ccnn3C)cc2)c(C)c1. The minimum atomic E-state index is -3.55. The molecule has 0 radical (unpaired) electrons. The topological polar surface area (TPSA) is 73.2 Å². The van der Waals surface area contributed by atoms with Gasteiger partial charge in [0, 0.05) is 19.8 Å². The molecular weight excluding hydrogens is 362 g/mol. The number of nitrogens with zero attached hydrogens (tertiary/aromatic N) is 2. The summed E-state index contributed by atoms with van der Waals surface area (Å²) in [6, 6.07) is 15.0. The molecule has 0 spiro atoms. The van der Waals surface area contributed by atoms with E-state index in [1.807, 2.05) is 42.1 Å². The molecule has 0 fully saturated rings. The average molecular weight is 385 g/mol. The molecule has 1 N–H and O–H groups in total. The lowest BCUT2D eigenvalue weighted by atomic mass is 10.1. The van der Waals surface area contributed by atoms with Gasteiger partial charge in [-0.1, -0.05) is 24.3 Å². The molecule has 0 bridgehead atoms. The first kappa shape index (κ1) is 19.1. The molecule has 7 heteroatoms. The molecule has 0 saturated heterocycles. The Hall–Kier alpha value is -2.64. The molecular formula is C20H23N3O3S. The fraction of sp³-hybridized carbons (Fsp3) is 0.250.